The Labute approximate surface area is 117 Å². The van der Waals surface area contributed by atoms with Crippen molar-refractivity contribution in [1.82, 2.24) is 5.32 Å². The van der Waals surface area contributed by atoms with Crippen LogP contribution in [0.4, 0.5) is 0 Å². The summed E-state index contributed by atoms with van der Waals surface area (Å²) in [6, 6.07) is 10.2. The zero-order chi connectivity index (χ0) is 14.1. The monoisotopic (exact) mass is 261 g/mol. The fraction of sp³-hybridized carbons (Fsp3) is 0.588. The van der Waals surface area contributed by atoms with Crippen LogP contribution < -0.4 is 5.32 Å². The fourth-order valence-corrected chi connectivity index (χ4v) is 2.19. The molecular weight excluding hydrogens is 234 g/mol. The minimum Gasteiger partial charge on any atom is -0.349 e. The molecule has 106 valence electrons. The third kappa shape index (κ3) is 5.91. The normalized spacial score (nSPS) is 13.8. The van der Waals surface area contributed by atoms with Gasteiger partial charge in [0.1, 0.15) is 0 Å². The van der Waals surface area contributed by atoms with Gasteiger partial charge < -0.3 is 5.32 Å². The Hall–Kier alpha value is -1.31. The number of carbonyl (C=O) groups excluding carboxylic acids is 1. The van der Waals surface area contributed by atoms with Gasteiger partial charge in [-0.3, -0.25) is 4.79 Å². The smallest absolute Gasteiger partial charge is 0.223 e. The quantitative estimate of drug-likeness (QED) is 0.687. The van der Waals surface area contributed by atoms with E-state index < -0.39 is 0 Å². The largest absolute Gasteiger partial charge is 0.349 e. The molecule has 1 N–H and O–H groups in total. The van der Waals surface area contributed by atoms with Crippen LogP contribution in [0.5, 0.6) is 0 Å². The Morgan fingerprint density at radius 1 is 1.11 bits per heavy atom. The number of benzene rings is 1. The van der Waals surface area contributed by atoms with Crippen LogP contribution in [-0.2, 0) is 4.79 Å². The van der Waals surface area contributed by atoms with Crippen LogP contribution in [0.15, 0.2) is 30.3 Å². The number of carbonyl (C=O) groups is 1. The van der Waals surface area contributed by atoms with Crippen molar-refractivity contribution in [1.29, 1.82) is 0 Å². The van der Waals surface area contributed by atoms with Gasteiger partial charge in [0.2, 0.25) is 5.91 Å². The molecule has 0 spiro atoms. The number of unbranched alkanes of at least 4 members (excludes halogenated alkanes) is 3. The Morgan fingerprint density at radius 2 is 1.79 bits per heavy atom. The third-order valence-corrected chi connectivity index (χ3v) is 3.60. The van der Waals surface area contributed by atoms with E-state index in [1.807, 2.05) is 32.0 Å². The van der Waals surface area contributed by atoms with Gasteiger partial charge in [0, 0.05) is 5.92 Å². The van der Waals surface area contributed by atoms with Crippen LogP contribution in [0, 0.1) is 5.92 Å². The second-order valence-electron chi connectivity index (χ2n) is 5.39. The summed E-state index contributed by atoms with van der Waals surface area (Å²) in [6.45, 7) is 6.27. The highest BCUT2D eigenvalue weighted by atomic mass is 16.1. The minimum absolute atomic E-state index is 0.0896. The highest BCUT2D eigenvalue weighted by molar-refractivity contribution is 5.78. The van der Waals surface area contributed by atoms with E-state index in [-0.39, 0.29) is 17.9 Å². The van der Waals surface area contributed by atoms with E-state index in [2.05, 4.69) is 24.4 Å². The van der Waals surface area contributed by atoms with E-state index in [4.69, 9.17) is 0 Å². The van der Waals surface area contributed by atoms with Gasteiger partial charge in [-0.25, -0.2) is 0 Å². The molecule has 0 heterocycles. The van der Waals surface area contributed by atoms with Gasteiger partial charge in [0.25, 0.3) is 0 Å². The molecule has 1 aromatic rings. The summed E-state index contributed by atoms with van der Waals surface area (Å²) in [4.78, 5) is 12.1. The molecule has 0 saturated carbocycles. The molecule has 0 radical (unpaired) electrons. The van der Waals surface area contributed by atoms with Crippen molar-refractivity contribution in [2.45, 2.75) is 58.9 Å². The van der Waals surface area contributed by atoms with E-state index in [0.29, 0.717) is 0 Å². The van der Waals surface area contributed by atoms with Gasteiger partial charge >= 0.3 is 0 Å². The molecule has 0 aromatic heterocycles. The summed E-state index contributed by atoms with van der Waals surface area (Å²) >= 11 is 0. The van der Waals surface area contributed by atoms with Gasteiger partial charge in [-0.1, -0.05) is 69.9 Å². The maximum absolute atomic E-state index is 12.1. The van der Waals surface area contributed by atoms with Crippen molar-refractivity contribution in [3.8, 4) is 0 Å². The van der Waals surface area contributed by atoms with Crippen LogP contribution in [0.25, 0.3) is 0 Å². The first-order chi connectivity index (χ1) is 9.15. The van der Waals surface area contributed by atoms with E-state index in [1.165, 1.54) is 19.3 Å². The van der Waals surface area contributed by atoms with Crippen molar-refractivity contribution in [3.63, 3.8) is 0 Å². The summed E-state index contributed by atoms with van der Waals surface area (Å²) < 4.78 is 0. The first-order valence-corrected chi connectivity index (χ1v) is 7.50. The molecule has 1 amide bonds. The Balaban J connectivity index is 2.33. The van der Waals surface area contributed by atoms with E-state index in [1.54, 1.807) is 0 Å². The molecule has 0 fully saturated rings. The Bertz CT molecular complexity index is 361. The zero-order valence-electron chi connectivity index (χ0n) is 12.5. The number of rotatable bonds is 8. The summed E-state index contributed by atoms with van der Waals surface area (Å²) in [6.07, 6.45) is 5.90. The maximum atomic E-state index is 12.1. The van der Waals surface area contributed by atoms with E-state index in [0.717, 1.165) is 18.4 Å². The lowest BCUT2D eigenvalue weighted by molar-refractivity contribution is -0.125. The highest BCUT2D eigenvalue weighted by Crippen LogP contribution is 2.15. The molecule has 2 atom stereocenters. The summed E-state index contributed by atoms with van der Waals surface area (Å²) in [5.41, 5.74) is 1.16. The summed E-state index contributed by atoms with van der Waals surface area (Å²) in [5.74, 6) is 0.288. The molecule has 0 aliphatic rings. The molecule has 0 aliphatic carbocycles. The van der Waals surface area contributed by atoms with Gasteiger partial charge in [-0.05, 0) is 18.9 Å². The first kappa shape index (κ1) is 15.7. The summed E-state index contributed by atoms with van der Waals surface area (Å²) in [5, 5.41) is 3.10. The highest BCUT2D eigenvalue weighted by Gasteiger charge is 2.15. The molecule has 1 rings (SSSR count). The van der Waals surface area contributed by atoms with Gasteiger partial charge in [-0.15, -0.1) is 0 Å². The van der Waals surface area contributed by atoms with E-state index >= 15 is 0 Å². The number of hydrogen-bond acceptors (Lipinski definition) is 1. The van der Waals surface area contributed by atoms with Crippen molar-refractivity contribution in [3.05, 3.63) is 35.9 Å². The van der Waals surface area contributed by atoms with Gasteiger partial charge in [-0.2, -0.15) is 0 Å². The third-order valence-electron chi connectivity index (χ3n) is 3.60. The molecule has 0 saturated heterocycles. The molecule has 19 heavy (non-hydrogen) atoms. The summed E-state index contributed by atoms with van der Waals surface area (Å²) in [7, 11) is 0. The topological polar surface area (TPSA) is 29.1 Å². The lowest BCUT2D eigenvalue weighted by Crippen LogP contribution is -2.31. The standard InChI is InChI=1S/C17H27NO/c1-4-5-6-8-11-14(2)17(19)18-15(3)16-12-9-7-10-13-16/h7,9-10,12-15H,4-6,8,11H2,1-3H3,(H,18,19). The molecule has 2 heteroatoms. The average Bonchev–Trinajstić information content (AvgIpc) is 2.44. The zero-order valence-corrected chi connectivity index (χ0v) is 12.5. The van der Waals surface area contributed by atoms with Crippen LogP contribution >= 0.6 is 0 Å². The van der Waals surface area contributed by atoms with Crippen LogP contribution in [0.2, 0.25) is 0 Å². The first-order valence-electron chi connectivity index (χ1n) is 7.50. The SMILES string of the molecule is CCCCCCC(C)C(=O)NC(C)c1ccccc1. The molecule has 2 unspecified atom stereocenters. The Kier molecular flexibility index (Phi) is 7.24. The van der Waals surface area contributed by atoms with Crippen LogP contribution in [-0.4, -0.2) is 5.91 Å². The van der Waals surface area contributed by atoms with E-state index in [9.17, 15) is 4.79 Å². The lowest BCUT2D eigenvalue weighted by Gasteiger charge is -2.18. The minimum atomic E-state index is 0.0896. The van der Waals surface area contributed by atoms with Crippen LogP contribution in [0.3, 0.4) is 0 Å². The second kappa shape index (κ2) is 8.73. The number of amides is 1. The number of hydrogen-bond donors (Lipinski definition) is 1. The Morgan fingerprint density at radius 3 is 2.42 bits per heavy atom. The molecule has 2 nitrogen and oxygen atoms in total. The van der Waals surface area contributed by atoms with Gasteiger partial charge in [0.05, 0.1) is 6.04 Å². The van der Waals surface area contributed by atoms with Crippen molar-refractivity contribution >= 4 is 5.91 Å². The predicted molar refractivity (Wildman–Crippen MR) is 80.9 cm³/mol. The predicted octanol–water partition coefficient (Wildman–Crippen LogP) is 4.47. The molecular formula is C17H27NO. The average molecular weight is 261 g/mol. The van der Waals surface area contributed by atoms with Crippen molar-refractivity contribution in [2.24, 2.45) is 5.92 Å². The van der Waals surface area contributed by atoms with Crippen molar-refractivity contribution in [2.75, 3.05) is 0 Å². The molecule has 0 aliphatic heterocycles. The number of nitrogens with one attached hydrogen (secondary N) is 1. The van der Waals surface area contributed by atoms with Gasteiger partial charge in [0.15, 0.2) is 0 Å². The fourth-order valence-electron chi connectivity index (χ4n) is 2.19. The van der Waals surface area contributed by atoms with Crippen molar-refractivity contribution < 1.29 is 4.79 Å². The second-order valence-corrected chi connectivity index (χ2v) is 5.39. The molecule has 0 bridgehead atoms. The maximum Gasteiger partial charge on any atom is 0.223 e. The van der Waals surface area contributed by atoms with Crippen LogP contribution in [0.1, 0.15) is 64.5 Å². The molecule has 1 aromatic carbocycles. The lowest BCUT2D eigenvalue weighted by atomic mass is 10.0.